The van der Waals surface area contributed by atoms with E-state index in [4.69, 9.17) is 10.8 Å². The minimum absolute atomic E-state index is 0.408. The van der Waals surface area contributed by atoms with Crippen molar-refractivity contribution in [3.63, 3.8) is 0 Å². The van der Waals surface area contributed by atoms with Crippen LogP contribution in [0.1, 0.15) is 5.56 Å². The van der Waals surface area contributed by atoms with E-state index in [1.165, 1.54) is 0 Å². The van der Waals surface area contributed by atoms with Crippen LogP contribution >= 0.6 is 0 Å². The number of nitrogens with two attached hydrogens (primary N) is 1. The molecule has 0 spiro atoms. The number of carbonyl (C=O) groups excluding carboxylic acids is 1. The van der Waals surface area contributed by atoms with Crippen LogP contribution in [0.2, 0.25) is 0 Å². The molecule has 1 aromatic heterocycles. The van der Waals surface area contributed by atoms with Crippen molar-refractivity contribution in [1.29, 1.82) is 0 Å². The molecular weight excluding hydrogens is 156 g/mol. The lowest BCUT2D eigenvalue weighted by atomic mass is 10.1. The molecule has 0 aliphatic carbocycles. The highest BCUT2D eigenvalue weighted by Gasteiger charge is 2.19. The second-order valence-electron chi connectivity index (χ2n) is 2.53. The number of pyridine rings is 1. The summed E-state index contributed by atoms with van der Waals surface area (Å²) in [5, 5.41) is 6.75. The average molecular weight is 167 g/mol. The molecule has 4 nitrogen and oxygen atoms in total. The van der Waals surface area contributed by atoms with Crippen LogP contribution in [0.4, 0.5) is 0 Å². The molecule has 0 saturated heterocycles. The predicted octanol–water partition coefficient (Wildman–Crippen LogP) is -0.797. The van der Waals surface area contributed by atoms with Gasteiger partial charge >= 0.3 is 5.97 Å². The van der Waals surface area contributed by atoms with Crippen LogP contribution in [0.15, 0.2) is 24.5 Å². The largest absolute Gasteiger partial charge is 0.564 e. The van der Waals surface area contributed by atoms with Gasteiger partial charge in [0.25, 0.3) is 0 Å². The summed E-state index contributed by atoms with van der Waals surface area (Å²) in [4.78, 5) is 14.3. The van der Waals surface area contributed by atoms with Crippen molar-refractivity contribution >= 4 is 5.97 Å². The van der Waals surface area contributed by atoms with Gasteiger partial charge in [0, 0.05) is 23.6 Å². The molecule has 0 radical (unpaired) electrons. The number of carbonyl (C=O) groups is 1. The quantitative estimate of drug-likeness (QED) is 0.599. The summed E-state index contributed by atoms with van der Waals surface area (Å²) in [6.45, 7) is 0. The van der Waals surface area contributed by atoms with Crippen molar-refractivity contribution in [3.05, 3.63) is 30.1 Å². The van der Waals surface area contributed by atoms with Gasteiger partial charge in [0.15, 0.2) is 6.04 Å². The molecule has 0 unspecified atom stereocenters. The first kappa shape index (κ1) is 8.67. The molecule has 0 aromatic carbocycles. The zero-order valence-electron chi connectivity index (χ0n) is 6.53. The summed E-state index contributed by atoms with van der Waals surface area (Å²) in [6.07, 6.45) is 3.68. The van der Waals surface area contributed by atoms with Gasteiger partial charge in [-0.2, -0.15) is 0 Å². The Morgan fingerprint density at radius 3 is 2.67 bits per heavy atom. The maximum absolute atomic E-state index is 10.5. The minimum atomic E-state index is -0.730. The van der Waals surface area contributed by atoms with E-state index >= 15 is 0 Å². The lowest BCUT2D eigenvalue weighted by molar-refractivity contribution is -0.138. The summed E-state index contributed by atoms with van der Waals surface area (Å²) in [5.41, 5.74) is 6.32. The molecule has 0 amide bonds. The number of aromatic nitrogens is 1. The molecule has 12 heavy (non-hydrogen) atoms. The SMILES string of the molecule is N[C@@H](Cc1ccncc1)C(=O)[OH2+]. The molecular formula is C8H11N2O2+. The highest BCUT2D eigenvalue weighted by molar-refractivity contribution is 5.73. The Balaban J connectivity index is 2.58. The Labute approximate surface area is 70.0 Å². The third-order valence-corrected chi connectivity index (χ3v) is 1.54. The molecule has 1 aromatic rings. The van der Waals surface area contributed by atoms with Gasteiger partial charge in [-0.15, -0.1) is 0 Å². The van der Waals surface area contributed by atoms with Crippen molar-refractivity contribution < 1.29 is 9.90 Å². The van der Waals surface area contributed by atoms with Crippen molar-refractivity contribution in [2.45, 2.75) is 12.5 Å². The van der Waals surface area contributed by atoms with Crippen LogP contribution in [-0.4, -0.2) is 22.1 Å². The number of hydrogen-bond acceptors (Lipinski definition) is 3. The average Bonchev–Trinajstić information content (AvgIpc) is 2.06. The monoisotopic (exact) mass is 167 g/mol. The van der Waals surface area contributed by atoms with E-state index < -0.39 is 12.0 Å². The van der Waals surface area contributed by atoms with Crippen LogP contribution < -0.4 is 5.73 Å². The molecule has 0 aliphatic heterocycles. The number of rotatable bonds is 3. The molecule has 0 bridgehead atoms. The second-order valence-corrected chi connectivity index (χ2v) is 2.53. The minimum Gasteiger partial charge on any atom is -0.564 e. The maximum atomic E-state index is 10.5. The maximum Gasteiger partial charge on any atom is 0.533 e. The topological polar surface area (TPSA) is 78.9 Å². The number of hydrogen-bond donors (Lipinski definition) is 1. The third kappa shape index (κ3) is 2.32. The fourth-order valence-electron chi connectivity index (χ4n) is 0.866. The van der Waals surface area contributed by atoms with Gasteiger partial charge in [-0.05, 0) is 17.7 Å². The first-order valence-electron chi connectivity index (χ1n) is 3.60. The summed E-state index contributed by atoms with van der Waals surface area (Å²) >= 11 is 0. The van der Waals surface area contributed by atoms with Gasteiger partial charge < -0.3 is 10.8 Å². The van der Waals surface area contributed by atoms with Crippen LogP contribution in [-0.2, 0) is 11.2 Å². The lowest BCUT2D eigenvalue weighted by Crippen LogP contribution is -2.32. The van der Waals surface area contributed by atoms with Crippen LogP contribution in [0.25, 0.3) is 0 Å². The van der Waals surface area contributed by atoms with E-state index in [1.807, 2.05) is 0 Å². The first-order valence-corrected chi connectivity index (χ1v) is 3.60. The number of nitrogens with zero attached hydrogens (tertiary/aromatic N) is 1. The Morgan fingerprint density at radius 1 is 1.58 bits per heavy atom. The van der Waals surface area contributed by atoms with Crippen LogP contribution in [0.5, 0.6) is 0 Å². The van der Waals surface area contributed by atoms with Gasteiger partial charge in [-0.1, -0.05) is 0 Å². The van der Waals surface area contributed by atoms with Crippen LogP contribution in [0, 0.1) is 0 Å². The van der Waals surface area contributed by atoms with E-state index in [1.54, 1.807) is 24.5 Å². The molecule has 4 N–H and O–H groups in total. The van der Waals surface area contributed by atoms with Gasteiger partial charge in [0.05, 0.1) is 0 Å². The molecule has 1 atom stereocenters. The Morgan fingerprint density at radius 2 is 2.17 bits per heavy atom. The van der Waals surface area contributed by atoms with Crippen molar-refractivity contribution in [3.8, 4) is 0 Å². The zero-order chi connectivity index (χ0) is 8.97. The smallest absolute Gasteiger partial charge is 0.533 e. The van der Waals surface area contributed by atoms with Crippen LogP contribution in [0.3, 0.4) is 0 Å². The fourth-order valence-corrected chi connectivity index (χ4v) is 0.866. The van der Waals surface area contributed by atoms with E-state index in [9.17, 15) is 4.79 Å². The van der Waals surface area contributed by atoms with Crippen molar-refractivity contribution in [1.82, 2.24) is 4.98 Å². The molecule has 1 rings (SSSR count). The van der Waals surface area contributed by atoms with E-state index in [0.717, 1.165) is 5.56 Å². The first-order chi connectivity index (χ1) is 5.70. The van der Waals surface area contributed by atoms with Gasteiger partial charge in [-0.3, -0.25) is 4.98 Å². The summed E-state index contributed by atoms with van der Waals surface area (Å²) in [7, 11) is 0. The molecule has 0 saturated carbocycles. The summed E-state index contributed by atoms with van der Waals surface area (Å²) in [6, 6.07) is 2.85. The highest BCUT2D eigenvalue weighted by Crippen LogP contribution is 1.99. The predicted molar refractivity (Wildman–Crippen MR) is 44.5 cm³/mol. The molecule has 0 fully saturated rings. The van der Waals surface area contributed by atoms with E-state index in [-0.39, 0.29) is 0 Å². The highest BCUT2D eigenvalue weighted by atomic mass is 16.4. The molecule has 4 heteroatoms. The van der Waals surface area contributed by atoms with E-state index in [0.29, 0.717) is 6.42 Å². The zero-order valence-corrected chi connectivity index (χ0v) is 6.53. The van der Waals surface area contributed by atoms with Gasteiger partial charge in [-0.25, -0.2) is 0 Å². The van der Waals surface area contributed by atoms with E-state index in [2.05, 4.69) is 4.98 Å². The summed E-state index contributed by atoms with van der Waals surface area (Å²) < 4.78 is 0. The molecule has 1 heterocycles. The van der Waals surface area contributed by atoms with Crippen molar-refractivity contribution in [2.75, 3.05) is 0 Å². The standard InChI is InChI=1S/C8H10N2O2/c9-7(8(11)12)5-6-1-3-10-4-2-6/h1-4,7H,5,9H2,(H,11,12)/p+1/t7-/m0/s1. The second kappa shape index (κ2) is 3.82. The Hall–Kier alpha value is -1.42. The lowest BCUT2D eigenvalue weighted by Gasteiger charge is -2.00. The van der Waals surface area contributed by atoms with Crippen molar-refractivity contribution in [2.24, 2.45) is 5.73 Å². The summed E-state index contributed by atoms with van der Waals surface area (Å²) in [5.74, 6) is -0.730. The third-order valence-electron chi connectivity index (χ3n) is 1.54. The van der Waals surface area contributed by atoms with Gasteiger partial charge in [0.2, 0.25) is 0 Å². The Kier molecular flexibility index (Phi) is 2.76. The fraction of sp³-hybridized carbons (Fsp3) is 0.250. The Bertz CT molecular complexity index is 261. The van der Waals surface area contributed by atoms with Gasteiger partial charge in [0.1, 0.15) is 0 Å². The molecule has 0 aliphatic rings. The normalized spacial score (nSPS) is 12.4. The molecule has 64 valence electrons.